The molecule has 0 spiro atoms. The largest absolute Gasteiger partial charge is 0.412 e. The van der Waals surface area contributed by atoms with Gasteiger partial charge in [-0.1, -0.05) is 13.3 Å². The van der Waals surface area contributed by atoms with Gasteiger partial charge in [0.05, 0.1) is 0 Å². The summed E-state index contributed by atoms with van der Waals surface area (Å²) in [5.74, 6) is 0.167. The van der Waals surface area contributed by atoms with E-state index in [1.165, 1.54) is 13.8 Å². The Hall–Kier alpha value is -0.450. The molecule has 0 aliphatic heterocycles. The van der Waals surface area contributed by atoms with Gasteiger partial charge in [0, 0.05) is 13.2 Å². The van der Waals surface area contributed by atoms with Crippen molar-refractivity contribution < 1.29 is 20.5 Å². The molecule has 0 bridgehead atoms. The van der Waals surface area contributed by atoms with Gasteiger partial charge < -0.3 is 20.5 Å². The van der Waals surface area contributed by atoms with Crippen molar-refractivity contribution in [3.63, 3.8) is 0 Å². The maximum Gasteiger partial charge on any atom is 0.126 e. The topological polar surface area (TPSA) is 89.0 Å². The van der Waals surface area contributed by atoms with E-state index in [0.29, 0.717) is 6.61 Å². The molecule has 4 nitrogen and oxygen atoms in total. The lowest BCUT2D eigenvalue weighted by molar-refractivity contribution is -0.114. The molecule has 0 radical (unpaired) electrons. The highest BCUT2D eigenvalue weighted by atomic mass is 16.3. The average molecular weight is 196 g/mol. The standard InChI is InChI=1S/C4H10O.C3H6O.C2H6O.H2O/c1-2-3-4-5;1-3(2)4;1-2-3;/h5H,2-4H2,1H3;1-2H3;3H,2H2,1H3;1H2. The van der Waals surface area contributed by atoms with Gasteiger partial charge in [0.1, 0.15) is 5.78 Å². The lowest BCUT2D eigenvalue weighted by Crippen LogP contribution is -1.75. The minimum atomic E-state index is 0. The number of Topliss-reactive ketones (excluding diaryl/α,β-unsaturated/α-hetero) is 1. The lowest BCUT2D eigenvalue weighted by Gasteiger charge is -1.79. The van der Waals surface area contributed by atoms with Crippen LogP contribution in [0.4, 0.5) is 0 Å². The van der Waals surface area contributed by atoms with Crippen LogP contribution in [0.5, 0.6) is 0 Å². The summed E-state index contributed by atoms with van der Waals surface area (Å²) in [4.78, 5) is 9.44. The van der Waals surface area contributed by atoms with Crippen molar-refractivity contribution >= 4 is 5.78 Å². The van der Waals surface area contributed by atoms with Crippen molar-refractivity contribution in [2.45, 2.75) is 40.5 Å². The summed E-state index contributed by atoms with van der Waals surface area (Å²) in [5.41, 5.74) is 0. The van der Waals surface area contributed by atoms with E-state index in [1.807, 2.05) is 0 Å². The van der Waals surface area contributed by atoms with Crippen LogP contribution in [-0.4, -0.2) is 34.7 Å². The SMILES string of the molecule is CC(C)=O.CCCCO.CCO.O. The number of aliphatic hydroxyl groups is 2. The Labute approximate surface area is 80.9 Å². The third kappa shape index (κ3) is 438. The first-order valence-corrected chi connectivity index (χ1v) is 4.25. The minimum absolute atomic E-state index is 0. The van der Waals surface area contributed by atoms with Gasteiger partial charge in [-0.3, -0.25) is 0 Å². The molecule has 0 heterocycles. The zero-order chi connectivity index (χ0) is 10.4. The van der Waals surface area contributed by atoms with Crippen LogP contribution in [0.2, 0.25) is 0 Å². The molecule has 0 aromatic heterocycles. The van der Waals surface area contributed by atoms with E-state index in [-0.39, 0.29) is 17.9 Å². The summed E-state index contributed by atoms with van der Waals surface area (Å²) in [7, 11) is 0. The Kier molecular flexibility index (Phi) is 52.8. The Morgan fingerprint density at radius 2 is 1.38 bits per heavy atom. The molecular weight excluding hydrogens is 172 g/mol. The van der Waals surface area contributed by atoms with E-state index < -0.39 is 0 Å². The lowest BCUT2D eigenvalue weighted by atomic mass is 10.4. The number of ketones is 1. The molecule has 0 rings (SSSR count). The fraction of sp³-hybridized carbons (Fsp3) is 0.889. The van der Waals surface area contributed by atoms with Gasteiger partial charge in [-0.15, -0.1) is 0 Å². The van der Waals surface area contributed by atoms with Crippen LogP contribution in [0.15, 0.2) is 0 Å². The molecule has 0 amide bonds. The van der Waals surface area contributed by atoms with Crippen molar-refractivity contribution in [2.75, 3.05) is 13.2 Å². The van der Waals surface area contributed by atoms with Crippen LogP contribution in [0, 0.1) is 0 Å². The molecule has 0 saturated heterocycles. The second kappa shape index (κ2) is 30.0. The van der Waals surface area contributed by atoms with Crippen LogP contribution >= 0.6 is 0 Å². The van der Waals surface area contributed by atoms with Crippen LogP contribution in [0.3, 0.4) is 0 Å². The van der Waals surface area contributed by atoms with Gasteiger partial charge >= 0.3 is 0 Å². The first-order valence-electron chi connectivity index (χ1n) is 4.25. The number of aliphatic hydroxyl groups excluding tert-OH is 2. The molecule has 0 unspecified atom stereocenters. The molecule has 13 heavy (non-hydrogen) atoms. The fourth-order valence-corrected chi connectivity index (χ4v) is 0.158. The van der Waals surface area contributed by atoms with E-state index in [9.17, 15) is 4.79 Å². The van der Waals surface area contributed by atoms with Crippen molar-refractivity contribution in [3.05, 3.63) is 0 Å². The smallest absolute Gasteiger partial charge is 0.126 e. The zero-order valence-electron chi connectivity index (χ0n) is 9.13. The first kappa shape index (κ1) is 22.9. The Morgan fingerprint density at radius 3 is 1.38 bits per heavy atom. The second-order valence-corrected chi connectivity index (χ2v) is 2.30. The highest BCUT2D eigenvalue weighted by Crippen LogP contribution is 1.78. The van der Waals surface area contributed by atoms with E-state index in [0.717, 1.165) is 12.8 Å². The Morgan fingerprint density at radius 1 is 1.15 bits per heavy atom. The maximum absolute atomic E-state index is 9.44. The summed E-state index contributed by atoms with van der Waals surface area (Å²) in [6, 6.07) is 0. The number of hydrogen-bond donors (Lipinski definition) is 2. The van der Waals surface area contributed by atoms with Crippen LogP contribution in [0.1, 0.15) is 40.5 Å². The van der Waals surface area contributed by atoms with Gasteiger partial charge in [-0.05, 0) is 27.2 Å². The summed E-state index contributed by atoms with van der Waals surface area (Å²) >= 11 is 0. The molecule has 4 N–H and O–H groups in total. The molecule has 0 atom stereocenters. The van der Waals surface area contributed by atoms with Gasteiger partial charge in [-0.25, -0.2) is 0 Å². The molecular formula is C9H24O4. The number of carbonyl (C=O) groups is 1. The molecule has 84 valence electrons. The Balaban J connectivity index is -0.0000000465. The molecule has 4 heteroatoms. The number of unbranched alkanes of at least 4 members (excludes halogenated alkanes) is 1. The molecule has 0 aromatic rings. The summed E-state index contributed by atoms with van der Waals surface area (Å²) in [6.45, 7) is 7.38. The number of rotatable bonds is 2. The van der Waals surface area contributed by atoms with E-state index >= 15 is 0 Å². The van der Waals surface area contributed by atoms with Crippen molar-refractivity contribution in [3.8, 4) is 0 Å². The van der Waals surface area contributed by atoms with Crippen molar-refractivity contribution in [1.29, 1.82) is 0 Å². The highest BCUT2D eigenvalue weighted by molar-refractivity contribution is 5.72. The van der Waals surface area contributed by atoms with Crippen LogP contribution in [-0.2, 0) is 4.79 Å². The third-order valence-corrected chi connectivity index (χ3v) is 0.512. The van der Waals surface area contributed by atoms with Gasteiger partial charge in [0.15, 0.2) is 0 Å². The van der Waals surface area contributed by atoms with E-state index in [2.05, 4.69) is 6.92 Å². The van der Waals surface area contributed by atoms with Gasteiger partial charge in [-0.2, -0.15) is 0 Å². The fourth-order valence-electron chi connectivity index (χ4n) is 0.158. The molecule has 0 aliphatic rings. The monoisotopic (exact) mass is 196 g/mol. The average Bonchev–Trinajstić information content (AvgIpc) is 1.89. The zero-order valence-corrected chi connectivity index (χ0v) is 9.13. The quantitative estimate of drug-likeness (QED) is 0.675. The van der Waals surface area contributed by atoms with Crippen LogP contribution in [0.25, 0.3) is 0 Å². The summed E-state index contributed by atoms with van der Waals surface area (Å²) < 4.78 is 0. The normalized spacial score (nSPS) is 6.62. The Bertz CT molecular complexity index is 68.0. The predicted octanol–water partition coefficient (Wildman–Crippen LogP) is 0.548. The molecule has 0 saturated carbocycles. The summed E-state index contributed by atoms with van der Waals surface area (Å²) in [5, 5.41) is 15.6. The van der Waals surface area contributed by atoms with E-state index in [1.54, 1.807) is 6.92 Å². The highest BCUT2D eigenvalue weighted by Gasteiger charge is 1.69. The first-order chi connectivity index (χ1) is 5.56. The minimum Gasteiger partial charge on any atom is -0.412 e. The van der Waals surface area contributed by atoms with Crippen molar-refractivity contribution in [2.24, 2.45) is 0 Å². The van der Waals surface area contributed by atoms with Gasteiger partial charge in [0.25, 0.3) is 0 Å². The predicted molar refractivity (Wildman–Crippen MR) is 54.7 cm³/mol. The third-order valence-electron chi connectivity index (χ3n) is 0.512. The second-order valence-electron chi connectivity index (χ2n) is 2.30. The molecule has 0 aromatic carbocycles. The number of hydrogen-bond acceptors (Lipinski definition) is 3. The van der Waals surface area contributed by atoms with Gasteiger partial charge in [0.2, 0.25) is 0 Å². The molecule has 0 fully saturated rings. The van der Waals surface area contributed by atoms with Crippen LogP contribution < -0.4 is 0 Å². The molecule has 0 aliphatic carbocycles. The number of carbonyl (C=O) groups excluding carboxylic acids is 1. The van der Waals surface area contributed by atoms with Crippen molar-refractivity contribution in [1.82, 2.24) is 0 Å². The van der Waals surface area contributed by atoms with E-state index in [4.69, 9.17) is 10.2 Å². The summed E-state index contributed by atoms with van der Waals surface area (Å²) in [6.07, 6.45) is 2.04. The maximum atomic E-state index is 9.44.